The van der Waals surface area contributed by atoms with Gasteiger partial charge in [0, 0.05) is 6.92 Å². The predicted octanol–water partition coefficient (Wildman–Crippen LogP) is 1.76. The van der Waals surface area contributed by atoms with Crippen molar-refractivity contribution < 1.29 is 23.2 Å². The van der Waals surface area contributed by atoms with Crippen LogP contribution in [0.4, 0.5) is 0 Å². The number of hydrogen-bond acceptors (Lipinski definition) is 5. The van der Waals surface area contributed by atoms with Gasteiger partial charge in [-0.2, -0.15) is 0 Å². The zero-order valence-electron chi connectivity index (χ0n) is 13.1. The van der Waals surface area contributed by atoms with Gasteiger partial charge in [0.2, 0.25) is 22.5 Å². The van der Waals surface area contributed by atoms with E-state index in [1.54, 1.807) is 0 Å². The Morgan fingerprint density at radius 2 is 1.35 bits per heavy atom. The average molecular weight is 318 g/mol. The van der Waals surface area contributed by atoms with Crippen LogP contribution in [0.1, 0.15) is 6.92 Å². The van der Waals surface area contributed by atoms with E-state index >= 15 is 0 Å². The highest BCUT2D eigenvalue weighted by molar-refractivity contribution is 6.71. The van der Waals surface area contributed by atoms with Crippen LogP contribution in [0.2, 0.25) is 39.3 Å². The van der Waals surface area contributed by atoms with E-state index in [9.17, 15) is 14.4 Å². The highest BCUT2D eigenvalue weighted by atomic mass is 28.4. The summed E-state index contributed by atoms with van der Waals surface area (Å²) >= 11 is 0. The van der Waals surface area contributed by atoms with Gasteiger partial charge < -0.3 is 14.2 Å². The molecule has 0 saturated carbocycles. The number of carbonyl (C=O) groups excluding carboxylic acids is 3. The maximum absolute atomic E-state index is 11.9. The van der Waals surface area contributed by atoms with Crippen LogP contribution in [0.15, 0.2) is 11.8 Å². The molecule has 1 amide bonds. The van der Waals surface area contributed by atoms with Crippen LogP contribution in [0.5, 0.6) is 0 Å². The Balaban J connectivity index is 5.10. The van der Waals surface area contributed by atoms with E-state index in [-0.39, 0.29) is 5.70 Å². The quantitative estimate of drug-likeness (QED) is 0.474. The minimum atomic E-state index is -2.12. The molecule has 0 atom stereocenters. The first-order valence-corrected chi connectivity index (χ1v) is 13.1. The van der Waals surface area contributed by atoms with Gasteiger partial charge in [0.25, 0.3) is 0 Å². The molecule has 0 bridgehead atoms. The van der Waals surface area contributed by atoms with E-state index in [0.717, 1.165) is 6.08 Å². The molecule has 1 N–H and O–H groups in total. The molecule has 0 spiro atoms. The maximum atomic E-state index is 11.9. The van der Waals surface area contributed by atoms with Crippen molar-refractivity contribution in [2.75, 3.05) is 0 Å². The Morgan fingerprint density at radius 1 is 0.900 bits per heavy atom. The summed E-state index contributed by atoms with van der Waals surface area (Å²) in [5, 5.41) is 2.30. The number of nitrogens with one attached hydrogen (secondary N) is 1. The zero-order valence-corrected chi connectivity index (χ0v) is 15.1. The van der Waals surface area contributed by atoms with Crippen molar-refractivity contribution in [2.24, 2.45) is 0 Å². The van der Waals surface area contributed by atoms with E-state index in [1.165, 1.54) is 6.92 Å². The molecule has 0 fully saturated rings. The van der Waals surface area contributed by atoms with E-state index in [2.05, 4.69) is 5.32 Å². The molecule has 0 aliphatic rings. The first-order chi connectivity index (χ1) is 8.80. The molecule has 8 heteroatoms. The maximum Gasteiger partial charge on any atom is 0.341 e. The Hall–Kier alpha value is -1.42. The van der Waals surface area contributed by atoms with Gasteiger partial charge in [-0.25, -0.2) is 9.59 Å². The van der Waals surface area contributed by atoms with Crippen molar-refractivity contribution in [3.8, 4) is 0 Å². The summed E-state index contributed by atoms with van der Waals surface area (Å²) in [6.07, 6.45) is 0.974. The lowest BCUT2D eigenvalue weighted by molar-refractivity contribution is -0.134. The molecule has 0 aromatic carbocycles. The molecule has 0 radical (unpaired) electrons. The summed E-state index contributed by atoms with van der Waals surface area (Å²) in [5.74, 6) is -1.82. The molecular formula is C12H23NO5Si2. The lowest BCUT2D eigenvalue weighted by Gasteiger charge is -2.19. The molecule has 0 aromatic heterocycles. The van der Waals surface area contributed by atoms with Gasteiger partial charge in [-0.3, -0.25) is 4.79 Å². The largest absolute Gasteiger partial charge is 0.517 e. The van der Waals surface area contributed by atoms with Crippen molar-refractivity contribution >= 4 is 34.5 Å². The molecule has 0 rings (SSSR count). The van der Waals surface area contributed by atoms with Crippen molar-refractivity contribution in [2.45, 2.75) is 46.2 Å². The second-order valence-corrected chi connectivity index (χ2v) is 15.1. The number of amides is 1. The van der Waals surface area contributed by atoms with Crippen LogP contribution in [-0.2, 0) is 23.2 Å². The Morgan fingerprint density at radius 3 is 1.70 bits per heavy atom. The highest BCUT2D eigenvalue weighted by Gasteiger charge is 2.25. The van der Waals surface area contributed by atoms with Crippen LogP contribution < -0.4 is 5.32 Å². The molecule has 0 aliphatic carbocycles. The molecular weight excluding hydrogens is 295 g/mol. The Kier molecular flexibility index (Phi) is 6.36. The molecule has 0 saturated heterocycles. The fourth-order valence-corrected chi connectivity index (χ4v) is 2.45. The summed E-state index contributed by atoms with van der Waals surface area (Å²) in [7, 11) is -4.18. The molecule has 6 nitrogen and oxygen atoms in total. The summed E-state index contributed by atoms with van der Waals surface area (Å²) in [4.78, 5) is 34.7. The molecule has 20 heavy (non-hydrogen) atoms. The molecule has 114 valence electrons. The fraction of sp³-hybridized carbons (Fsp3) is 0.583. The molecule has 0 heterocycles. The van der Waals surface area contributed by atoms with Crippen molar-refractivity contribution in [3.05, 3.63) is 11.8 Å². The van der Waals surface area contributed by atoms with Crippen molar-refractivity contribution in [3.63, 3.8) is 0 Å². The van der Waals surface area contributed by atoms with E-state index < -0.39 is 34.5 Å². The minimum Gasteiger partial charge on any atom is -0.517 e. The van der Waals surface area contributed by atoms with Crippen LogP contribution in [0.3, 0.4) is 0 Å². The Labute approximate surface area is 121 Å². The van der Waals surface area contributed by atoms with Crippen molar-refractivity contribution in [1.29, 1.82) is 0 Å². The summed E-state index contributed by atoms with van der Waals surface area (Å²) in [6, 6.07) is 0. The fourth-order valence-electron chi connectivity index (χ4n) is 1.12. The van der Waals surface area contributed by atoms with Gasteiger partial charge in [0.1, 0.15) is 5.70 Å². The second kappa shape index (κ2) is 6.84. The van der Waals surface area contributed by atoms with E-state index in [4.69, 9.17) is 8.85 Å². The predicted molar refractivity (Wildman–Crippen MR) is 80.8 cm³/mol. The van der Waals surface area contributed by atoms with Crippen LogP contribution in [0, 0.1) is 0 Å². The number of carbonyl (C=O) groups is 3. The summed E-state index contributed by atoms with van der Waals surface area (Å²) in [6.45, 7) is 12.3. The SMILES string of the molecule is CC(=O)[15NH]/C(=C/C(=O)O[Si](C)(C)C)C(=O)O[Si](C)(C)C. The summed E-state index contributed by atoms with van der Waals surface area (Å²) < 4.78 is 10.5. The lowest BCUT2D eigenvalue weighted by atomic mass is 10.4. The highest BCUT2D eigenvalue weighted by Crippen LogP contribution is 2.08. The van der Waals surface area contributed by atoms with Gasteiger partial charge in [-0.1, -0.05) is 0 Å². The van der Waals surface area contributed by atoms with Crippen LogP contribution >= 0.6 is 0 Å². The standard InChI is InChI=1S/C12H23NO5Si2/c1-9(14)13-10(12(16)18-20(5,6)7)8-11(15)17-19(2,3)4/h8H,1-7H3,(H,13,14)/b10-8+/i13+1. The third kappa shape index (κ3) is 9.51. The Bertz CT molecular complexity index is 432. The zero-order chi connectivity index (χ0) is 16.1. The van der Waals surface area contributed by atoms with Gasteiger partial charge in [-0.15, -0.1) is 0 Å². The average Bonchev–Trinajstić information content (AvgIpc) is 2.09. The monoisotopic (exact) mass is 318 g/mol. The van der Waals surface area contributed by atoms with E-state index in [1.807, 2.05) is 39.3 Å². The van der Waals surface area contributed by atoms with Crippen LogP contribution in [-0.4, -0.2) is 34.5 Å². The number of rotatable bonds is 5. The van der Waals surface area contributed by atoms with Crippen molar-refractivity contribution in [1.82, 2.24) is 5.32 Å². The first-order valence-electron chi connectivity index (χ1n) is 6.26. The molecule has 0 aliphatic heterocycles. The van der Waals surface area contributed by atoms with Gasteiger partial charge in [-0.05, 0) is 39.3 Å². The topological polar surface area (TPSA) is 81.7 Å². The van der Waals surface area contributed by atoms with Crippen LogP contribution in [0.25, 0.3) is 0 Å². The third-order valence-corrected chi connectivity index (χ3v) is 3.21. The van der Waals surface area contributed by atoms with Gasteiger partial charge in [0.15, 0.2) is 0 Å². The second-order valence-electron chi connectivity index (χ2n) is 6.27. The number of hydrogen-bond donors (Lipinski definition) is 1. The van der Waals surface area contributed by atoms with Gasteiger partial charge >= 0.3 is 11.9 Å². The normalized spacial score (nSPS) is 12.7. The minimum absolute atomic E-state index is 0.192. The molecule has 0 aromatic rings. The molecule has 0 unspecified atom stereocenters. The smallest absolute Gasteiger partial charge is 0.341 e. The van der Waals surface area contributed by atoms with Gasteiger partial charge in [0.05, 0.1) is 6.08 Å². The van der Waals surface area contributed by atoms with E-state index in [0.29, 0.717) is 0 Å². The lowest BCUT2D eigenvalue weighted by Crippen LogP contribution is -2.36. The summed E-state index contributed by atoms with van der Waals surface area (Å²) in [5.41, 5.74) is -0.192. The first kappa shape index (κ1) is 18.6. The third-order valence-electron chi connectivity index (χ3n) is 1.60.